The summed E-state index contributed by atoms with van der Waals surface area (Å²) >= 11 is 0. The molecule has 1 aliphatic heterocycles. The lowest BCUT2D eigenvalue weighted by Crippen LogP contribution is -2.27. The van der Waals surface area contributed by atoms with Gasteiger partial charge in [0.1, 0.15) is 0 Å². The van der Waals surface area contributed by atoms with E-state index in [1.807, 2.05) is 0 Å². The van der Waals surface area contributed by atoms with E-state index < -0.39 is 5.97 Å². The molecule has 0 spiro atoms. The Labute approximate surface area is 113 Å². The van der Waals surface area contributed by atoms with Gasteiger partial charge in [-0.15, -0.1) is 0 Å². The maximum atomic E-state index is 10.9. The molecule has 0 radical (unpaired) electrons. The first-order valence-electron chi connectivity index (χ1n) is 6.61. The molecule has 0 aromatic carbocycles. The van der Waals surface area contributed by atoms with Gasteiger partial charge in [-0.05, 0) is 24.7 Å². The van der Waals surface area contributed by atoms with Crippen LogP contribution in [0.15, 0.2) is 6.20 Å². The number of aromatic carboxylic acids is 1. The van der Waals surface area contributed by atoms with Crippen LogP contribution in [0.2, 0.25) is 0 Å². The highest BCUT2D eigenvalue weighted by atomic mass is 16.4. The van der Waals surface area contributed by atoms with Crippen molar-refractivity contribution in [2.45, 2.75) is 34.1 Å². The fourth-order valence-corrected chi connectivity index (χ4v) is 2.47. The average Bonchev–Trinajstić information content (AvgIpc) is 2.76. The van der Waals surface area contributed by atoms with Crippen LogP contribution in [0.5, 0.6) is 0 Å². The van der Waals surface area contributed by atoms with Crippen LogP contribution < -0.4 is 4.90 Å². The smallest absolute Gasteiger partial charge is 0.339 e. The van der Waals surface area contributed by atoms with Gasteiger partial charge >= 0.3 is 5.97 Å². The molecule has 1 aliphatic rings. The topological polar surface area (TPSA) is 66.3 Å². The van der Waals surface area contributed by atoms with E-state index >= 15 is 0 Å². The van der Waals surface area contributed by atoms with Crippen LogP contribution in [0.1, 0.15) is 43.2 Å². The predicted octanol–water partition coefficient (Wildman–Crippen LogP) is 2.36. The molecule has 0 amide bonds. The number of anilines is 1. The van der Waals surface area contributed by atoms with Gasteiger partial charge < -0.3 is 10.0 Å². The van der Waals surface area contributed by atoms with Gasteiger partial charge in [0, 0.05) is 19.3 Å². The molecule has 5 nitrogen and oxygen atoms in total. The van der Waals surface area contributed by atoms with E-state index in [1.54, 1.807) is 6.92 Å². The first-order valence-corrected chi connectivity index (χ1v) is 6.61. The monoisotopic (exact) mass is 263 g/mol. The second-order valence-corrected chi connectivity index (χ2v) is 6.27. The van der Waals surface area contributed by atoms with Crippen molar-refractivity contribution in [3.63, 3.8) is 0 Å². The Morgan fingerprint density at radius 1 is 1.47 bits per heavy atom. The minimum absolute atomic E-state index is 0.176. The Hall–Kier alpha value is -1.65. The van der Waals surface area contributed by atoms with Crippen molar-refractivity contribution >= 4 is 11.9 Å². The second kappa shape index (κ2) is 4.79. The molecule has 2 heterocycles. The van der Waals surface area contributed by atoms with Gasteiger partial charge in [0.15, 0.2) is 0 Å². The summed E-state index contributed by atoms with van der Waals surface area (Å²) in [4.78, 5) is 21.6. The lowest BCUT2D eigenvalue weighted by molar-refractivity contribution is 0.0695. The molecular weight excluding hydrogens is 242 g/mol. The summed E-state index contributed by atoms with van der Waals surface area (Å²) < 4.78 is 0. The molecule has 1 N–H and O–H groups in total. The highest BCUT2D eigenvalue weighted by Crippen LogP contribution is 2.34. The summed E-state index contributed by atoms with van der Waals surface area (Å²) in [5.74, 6) is 0.294. The number of aromatic nitrogens is 2. The van der Waals surface area contributed by atoms with Gasteiger partial charge in [-0.1, -0.05) is 20.8 Å². The Morgan fingerprint density at radius 3 is 2.63 bits per heavy atom. The Kier molecular flexibility index (Phi) is 3.47. The SMILES string of the molecule is Cc1nc(N2CCC(C(C)(C)C)C2)ncc1C(=O)O. The molecule has 1 aromatic rings. The Morgan fingerprint density at radius 2 is 2.16 bits per heavy atom. The van der Waals surface area contributed by atoms with Gasteiger partial charge in [0.25, 0.3) is 0 Å². The summed E-state index contributed by atoms with van der Waals surface area (Å²) in [6, 6.07) is 0. The highest BCUT2D eigenvalue weighted by molar-refractivity contribution is 5.88. The van der Waals surface area contributed by atoms with E-state index in [1.165, 1.54) is 6.20 Å². The maximum absolute atomic E-state index is 10.9. The van der Waals surface area contributed by atoms with Crippen LogP contribution in [0, 0.1) is 18.3 Å². The molecule has 0 saturated carbocycles. The number of aryl methyl sites for hydroxylation is 1. The molecule has 5 heteroatoms. The van der Waals surface area contributed by atoms with E-state index in [0.717, 1.165) is 19.5 Å². The normalized spacial score (nSPS) is 19.8. The molecule has 0 aliphatic carbocycles. The van der Waals surface area contributed by atoms with E-state index in [0.29, 0.717) is 17.6 Å². The van der Waals surface area contributed by atoms with Gasteiger partial charge in [0.2, 0.25) is 5.95 Å². The summed E-state index contributed by atoms with van der Waals surface area (Å²) in [6.07, 6.45) is 2.54. The van der Waals surface area contributed by atoms with Crippen LogP contribution in [-0.4, -0.2) is 34.1 Å². The number of carboxylic acid groups (broad SMARTS) is 1. The third-order valence-corrected chi connectivity index (χ3v) is 3.89. The molecule has 1 unspecified atom stereocenters. The number of nitrogens with zero attached hydrogens (tertiary/aromatic N) is 3. The lowest BCUT2D eigenvalue weighted by Gasteiger charge is -2.27. The Bertz CT molecular complexity index is 494. The molecule has 1 fully saturated rings. The molecule has 2 rings (SSSR count). The summed E-state index contributed by atoms with van der Waals surface area (Å²) in [6.45, 7) is 10.3. The number of carboxylic acids is 1. The third-order valence-electron chi connectivity index (χ3n) is 3.89. The Balaban J connectivity index is 2.16. The second-order valence-electron chi connectivity index (χ2n) is 6.27. The zero-order chi connectivity index (χ0) is 14.2. The minimum Gasteiger partial charge on any atom is -0.478 e. The van der Waals surface area contributed by atoms with Crippen LogP contribution >= 0.6 is 0 Å². The fraction of sp³-hybridized carbons (Fsp3) is 0.643. The van der Waals surface area contributed by atoms with Crippen LogP contribution in [-0.2, 0) is 0 Å². The maximum Gasteiger partial charge on any atom is 0.339 e. The predicted molar refractivity (Wildman–Crippen MR) is 73.5 cm³/mol. The number of hydrogen-bond acceptors (Lipinski definition) is 4. The van der Waals surface area contributed by atoms with E-state index in [-0.39, 0.29) is 11.0 Å². The molecule has 104 valence electrons. The van der Waals surface area contributed by atoms with Crippen molar-refractivity contribution in [3.05, 3.63) is 17.5 Å². The highest BCUT2D eigenvalue weighted by Gasteiger charge is 2.32. The largest absolute Gasteiger partial charge is 0.478 e. The van der Waals surface area contributed by atoms with Crippen LogP contribution in [0.25, 0.3) is 0 Å². The van der Waals surface area contributed by atoms with Gasteiger partial charge in [-0.25, -0.2) is 14.8 Å². The van der Waals surface area contributed by atoms with Gasteiger partial charge in [-0.2, -0.15) is 0 Å². The fourth-order valence-electron chi connectivity index (χ4n) is 2.47. The molecular formula is C14H21N3O2. The first kappa shape index (κ1) is 13.8. The summed E-state index contributed by atoms with van der Waals surface area (Å²) in [5, 5.41) is 8.98. The first-order chi connectivity index (χ1) is 8.79. The minimum atomic E-state index is -0.974. The third kappa shape index (κ3) is 2.85. The zero-order valence-corrected chi connectivity index (χ0v) is 12.0. The van der Waals surface area contributed by atoms with Gasteiger partial charge in [-0.3, -0.25) is 0 Å². The van der Waals surface area contributed by atoms with E-state index in [2.05, 4.69) is 35.6 Å². The number of carbonyl (C=O) groups is 1. The van der Waals surface area contributed by atoms with Crippen molar-refractivity contribution < 1.29 is 9.90 Å². The van der Waals surface area contributed by atoms with Crippen molar-refractivity contribution in [2.75, 3.05) is 18.0 Å². The average molecular weight is 263 g/mol. The summed E-state index contributed by atoms with van der Waals surface area (Å²) in [7, 11) is 0. The van der Waals surface area contributed by atoms with Crippen molar-refractivity contribution in [1.29, 1.82) is 0 Å². The van der Waals surface area contributed by atoms with Crippen molar-refractivity contribution in [2.24, 2.45) is 11.3 Å². The van der Waals surface area contributed by atoms with Gasteiger partial charge in [0.05, 0.1) is 11.3 Å². The molecule has 19 heavy (non-hydrogen) atoms. The van der Waals surface area contributed by atoms with Crippen LogP contribution in [0.4, 0.5) is 5.95 Å². The number of hydrogen-bond donors (Lipinski definition) is 1. The lowest BCUT2D eigenvalue weighted by atomic mass is 9.80. The van der Waals surface area contributed by atoms with E-state index in [9.17, 15) is 4.79 Å². The van der Waals surface area contributed by atoms with Crippen molar-refractivity contribution in [3.8, 4) is 0 Å². The zero-order valence-electron chi connectivity index (χ0n) is 12.0. The molecule has 1 atom stereocenters. The van der Waals surface area contributed by atoms with Crippen molar-refractivity contribution in [1.82, 2.24) is 9.97 Å². The molecule has 1 saturated heterocycles. The quantitative estimate of drug-likeness (QED) is 0.887. The summed E-state index contributed by atoms with van der Waals surface area (Å²) in [5.41, 5.74) is 0.983. The number of rotatable bonds is 2. The van der Waals surface area contributed by atoms with E-state index in [4.69, 9.17) is 5.11 Å². The molecule has 1 aromatic heterocycles. The molecule has 0 bridgehead atoms. The van der Waals surface area contributed by atoms with Crippen LogP contribution in [0.3, 0.4) is 0 Å². The standard InChI is InChI=1S/C14H21N3O2/c1-9-11(12(18)19)7-15-13(16-9)17-6-5-10(8-17)14(2,3)4/h7,10H,5-6,8H2,1-4H3,(H,18,19).